The molecule has 2 nitrogen and oxygen atoms in total. The minimum atomic E-state index is -0.190. The summed E-state index contributed by atoms with van der Waals surface area (Å²) >= 11 is 1.92. The van der Waals surface area contributed by atoms with Crippen molar-refractivity contribution < 1.29 is 4.39 Å². The highest BCUT2D eigenvalue weighted by molar-refractivity contribution is 7.99. The molecule has 0 saturated heterocycles. The summed E-state index contributed by atoms with van der Waals surface area (Å²) in [6, 6.07) is 7.04. The number of thioether (sulfide) groups is 1. The Kier molecular flexibility index (Phi) is 7.13. The minimum absolute atomic E-state index is 0.190. The van der Waals surface area contributed by atoms with Gasteiger partial charge in [0.1, 0.15) is 5.82 Å². The fourth-order valence-corrected chi connectivity index (χ4v) is 2.80. The maximum absolute atomic E-state index is 13.3. The van der Waals surface area contributed by atoms with E-state index in [-0.39, 0.29) is 11.9 Å². The molecule has 0 aliphatic heterocycles. The van der Waals surface area contributed by atoms with Crippen LogP contribution in [0.4, 0.5) is 10.1 Å². The summed E-state index contributed by atoms with van der Waals surface area (Å²) in [4.78, 5) is 2.19. The molecule has 1 atom stereocenters. The third kappa shape index (κ3) is 4.50. The van der Waals surface area contributed by atoms with E-state index in [0.29, 0.717) is 6.54 Å². The molecular formula is C14H23FN2S. The fourth-order valence-electron chi connectivity index (χ4n) is 2.07. The van der Waals surface area contributed by atoms with Crippen LogP contribution in [0.25, 0.3) is 0 Å². The van der Waals surface area contributed by atoms with E-state index in [9.17, 15) is 4.39 Å². The maximum atomic E-state index is 13.3. The van der Waals surface area contributed by atoms with Gasteiger partial charge in [-0.25, -0.2) is 4.39 Å². The molecule has 0 aromatic heterocycles. The SMILES string of the molecule is CCSCCC(CN)N(CC)c1cccc(F)c1. The number of nitrogens with zero attached hydrogens (tertiary/aromatic N) is 1. The predicted molar refractivity (Wildman–Crippen MR) is 79.9 cm³/mol. The van der Waals surface area contributed by atoms with Gasteiger partial charge in [-0.1, -0.05) is 13.0 Å². The molecule has 18 heavy (non-hydrogen) atoms. The molecule has 0 aliphatic rings. The molecule has 2 N–H and O–H groups in total. The first kappa shape index (κ1) is 15.3. The fraction of sp³-hybridized carbons (Fsp3) is 0.571. The van der Waals surface area contributed by atoms with Crippen molar-refractivity contribution in [3.05, 3.63) is 30.1 Å². The summed E-state index contributed by atoms with van der Waals surface area (Å²) in [5.74, 6) is 2.04. The largest absolute Gasteiger partial charge is 0.367 e. The summed E-state index contributed by atoms with van der Waals surface area (Å²) in [7, 11) is 0. The van der Waals surface area contributed by atoms with Crippen molar-refractivity contribution in [3.63, 3.8) is 0 Å². The number of anilines is 1. The van der Waals surface area contributed by atoms with E-state index in [1.807, 2.05) is 17.8 Å². The second-order valence-corrected chi connectivity index (χ2v) is 5.53. The van der Waals surface area contributed by atoms with Crippen molar-refractivity contribution in [1.29, 1.82) is 0 Å². The maximum Gasteiger partial charge on any atom is 0.125 e. The number of rotatable bonds is 8. The van der Waals surface area contributed by atoms with E-state index in [1.54, 1.807) is 12.1 Å². The number of hydrogen-bond acceptors (Lipinski definition) is 3. The van der Waals surface area contributed by atoms with Crippen molar-refractivity contribution >= 4 is 17.4 Å². The predicted octanol–water partition coefficient (Wildman–Crippen LogP) is 3.12. The number of hydrogen-bond donors (Lipinski definition) is 1. The van der Waals surface area contributed by atoms with Crippen LogP contribution >= 0.6 is 11.8 Å². The van der Waals surface area contributed by atoms with E-state index in [0.717, 1.165) is 30.2 Å². The molecule has 0 aliphatic carbocycles. The molecule has 0 spiro atoms. The van der Waals surface area contributed by atoms with Crippen molar-refractivity contribution in [2.45, 2.75) is 26.3 Å². The Morgan fingerprint density at radius 2 is 2.17 bits per heavy atom. The standard InChI is InChI=1S/C14H23FN2S/c1-3-17(13-7-5-6-12(15)10-13)14(11-16)8-9-18-4-2/h5-7,10,14H,3-4,8-9,11,16H2,1-2H3. The van der Waals surface area contributed by atoms with Crippen molar-refractivity contribution in [1.82, 2.24) is 0 Å². The van der Waals surface area contributed by atoms with Crippen LogP contribution < -0.4 is 10.6 Å². The molecule has 1 aromatic carbocycles. The van der Waals surface area contributed by atoms with Gasteiger partial charge >= 0.3 is 0 Å². The second-order valence-electron chi connectivity index (χ2n) is 4.14. The molecule has 1 aromatic rings. The lowest BCUT2D eigenvalue weighted by atomic mass is 10.1. The molecule has 1 unspecified atom stereocenters. The summed E-state index contributed by atoms with van der Waals surface area (Å²) in [5.41, 5.74) is 6.79. The van der Waals surface area contributed by atoms with Gasteiger partial charge in [-0.3, -0.25) is 0 Å². The van der Waals surface area contributed by atoms with Gasteiger partial charge in [0.25, 0.3) is 0 Å². The first-order valence-corrected chi connectivity index (χ1v) is 7.68. The van der Waals surface area contributed by atoms with Gasteiger partial charge < -0.3 is 10.6 Å². The van der Waals surface area contributed by atoms with E-state index < -0.39 is 0 Å². The Hall–Kier alpha value is -0.740. The molecule has 4 heteroatoms. The quantitative estimate of drug-likeness (QED) is 0.736. The lowest BCUT2D eigenvalue weighted by Gasteiger charge is -2.32. The number of halogens is 1. The van der Waals surface area contributed by atoms with Crippen LogP contribution in [-0.4, -0.2) is 30.6 Å². The zero-order chi connectivity index (χ0) is 13.4. The Morgan fingerprint density at radius 1 is 1.39 bits per heavy atom. The lowest BCUT2D eigenvalue weighted by molar-refractivity contribution is 0.589. The second kappa shape index (κ2) is 8.38. The Bertz CT molecular complexity index is 346. The average molecular weight is 270 g/mol. The molecule has 0 amide bonds. The smallest absolute Gasteiger partial charge is 0.125 e. The summed E-state index contributed by atoms with van der Waals surface area (Å²) < 4.78 is 13.3. The normalized spacial score (nSPS) is 12.4. The van der Waals surface area contributed by atoms with Crippen LogP contribution in [0.5, 0.6) is 0 Å². The van der Waals surface area contributed by atoms with Gasteiger partial charge in [-0.2, -0.15) is 11.8 Å². The van der Waals surface area contributed by atoms with Crippen LogP contribution in [0.15, 0.2) is 24.3 Å². The van der Waals surface area contributed by atoms with Crippen LogP contribution in [0.2, 0.25) is 0 Å². The van der Waals surface area contributed by atoms with Gasteiger partial charge in [-0.15, -0.1) is 0 Å². The van der Waals surface area contributed by atoms with Crippen LogP contribution in [0, 0.1) is 5.82 Å². The van der Waals surface area contributed by atoms with Gasteiger partial charge in [0, 0.05) is 24.8 Å². The van der Waals surface area contributed by atoms with Crippen molar-refractivity contribution in [3.8, 4) is 0 Å². The zero-order valence-electron chi connectivity index (χ0n) is 11.2. The number of benzene rings is 1. The summed E-state index contributed by atoms with van der Waals surface area (Å²) in [6.45, 7) is 5.70. The highest BCUT2D eigenvalue weighted by Gasteiger charge is 2.16. The third-order valence-electron chi connectivity index (χ3n) is 2.99. The molecule has 0 bridgehead atoms. The first-order chi connectivity index (χ1) is 8.72. The highest BCUT2D eigenvalue weighted by atomic mass is 32.2. The van der Waals surface area contributed by atoms with Gasteiger partial charge in [-0.05, 0) is 43.0 Å². The molecule has 0 fully saturated rings. The van der Waals surface area contributed by atoms with E-state index >= 15 is 0 Å². The van der Waals surface area contributed by atoms with Crippen LogP contribution in [0.3, 0.4) is 0 Å². The van der Waals surface area contributed by atoms with Gasteiger partial charge in [0.15, 0.2) is 0 Å². The zero-order valence-corrected chi connectivity index (χ0v) is 12.0. The van der Waals surface area contributed by atoms with Gasteiger partial charge in [0.2, 0.25) is 0 Å². The Morgan fingerprint density at radius 3 is 2.72 bits per heavy atom. The topological polar surface area (TPSA) is 29.3 Å². The van der Waals surface area contributed by atoms with Crippen LogP contribution in [-0.2, 0) is 0 Å². The minimum Gasteiger partial charge on any atom is -0.367 e. The number of likely N-dealkylation sites (N-methyl/N-ethyl adjacent to an activating group) is 1. The number of nitrogens with two attached hydrogens (primary N) is 1. The monoisotopic (exact) mass is 270 g/mol. The van der Waals surface area contributed by atoms with E-state index in [4.69, 9.17) is 5.73 Å². The first-order valence-electron chi connectivity index (χ1n) is 6.52. The molecule has 102 valence electrons. The van der Waals surface area contributed by atoms with Crippen molar-refractivity contribution in [2.24, 2.45) is 5.73 Å². The summed E-state index contributed by atoms with van der Waals surface area (Å²) in [5, 5.41) is 0. The molecule has 0 heterocycles. The summed E-state index contributed by atoms with van der Waals surface area (Å²) in [6.07, 6.45) is 1.04. The Labute approximate surface area is 114 Å². The molecule has 0 radical (unpaired) electrons. The van der Waals surface area contributed by atoms with E-state index in [1.165, 1.54) is 6.07 Å². The highest BCUT2D eigenvalue weighted by Crippen LogP contribution is 2.20. The average Bonchev–Trinajstić information content (AvgIpc) is 2.38. The molecule has 1 rings (SSSR count). The van der Waals surface area contributed by atoms with Gasteiger partial charge in [0.05, 0.1) is 0 Å². The lowest BCUT2D eigenvalue weighted by Crippen LogP contribution is -2.41. The van der Waals surface area contributed by atoms with E-state index in [2.05, 4.69) is 18.7 Å². The van der Waals surface area contributed by atoms with Crippen LogP contribution in [0.1, 0.15) is 20.3 Å². The molecule has 0 saturated carbocycles. The molecular weight excluding hydrogens is 247 g/mol. The van der Waals surface area contributed by atoms with Crippen molar-refractivity contribution in [2.75, 3.05) is 29.5 Å². The third-order valence-corrected chi connectivity index (χ3v) is 3.93. The Balaban J connectivity index is 2.73.